The van der Waals surface area contributed by atoms with Crippen molar-refractivity contribution < 1.29 is 9.63 Å². The summed E-state index contributed by atoms with van der Waals surface area (Å²) in [6.07, 6.45) is 2.39. The zero-order chi connectivity index (χ0) is 20.8. The summed E-state index contributed by atoms with van der Waals surface area (Å²) in [6, 6.07) is 9.25. The molecule has 0 saturated heterocycles. The summed E-state index contributed by atoms with van der Waals surface area (Å²) in [5.41, 5.74) is 3.00. The molecule has 7 heteroatoms. The molecule has 150 valence electrons. The molecule has 0 radical (unpaired) electrons. The van der Waals surface area contributed by atoms with Crippen LogP contribution in [0.15, 0.2) is 45.8 Å². The highest BCUT2D eigenvalue weighted by molar-refractivity contribution is 5.87. The number of hydrogen-bond donors (Lipinski definition) is 3. The molecule has 1 aromatic carbocycles. The molecule has 0 bridgehead atoms. The molecular formula is C22H24N4O3. The molecule has 29 heavy (non-hydrogen) atoms. The maximum absolute atomic E-state index is 12.1. The number of nitrogens with one attached hydrogen (secondary N) is 2. The first-order chi connectivity index (χ1) is 13.9. The summed E-state index contributed by atoms with van der Waals surface area (Å²) < 4.78 is 5.34. The third-order valence-electron chi connectivity index (χ3n) is 5.74. The molecule has 0 saturated carbocycles. The molecule has 0 aliphatic carbocycles. The Hall–Kier alpha value is -3.19. The molecule has 3 aromatic heterocycles. The summed E-state index contributed by atoms with van der Waals surface area (Å²) in [4.78, 5) is 22.3. The number of benzene rings is 1. The first-order valence-corrected chi connectivity index (χ1v) is 9.69. The molecule has 3 heterocycles. The summed E-state index contributed by atoms with van der Waals surface area (Å²) in [7, 11) is 0. The van der Waals surface area contributed by atoms with E-state index in [-0.39, 0.29) is 11.6 Å². The highest BCUT2D eigenvalue weighted by atomic mass is 16.5. The van der Waals surface area contributed by atoms with Crippen molar-refractivity contribution in [1.82, 2.24) is 20.1 Å². The van der Waals surface area contributed by atoms with E-state index >= 15 is 0 Å². The van der Waals surface area contributed by atoms with Gasteiger partial charge in [-0.2, -0.15) is 0 Å². The number of nitrogens with zero attached hydrogens (tertiary/aromatic N) is 2. The maximum Gasteiger partial charge on any atom is 0.323 e. The maximum atomic E-state index is 12.1. The van der Waals surface area contributed by atoms with Crippen molar-refractivity contribution in [2.45, 2.75) is 39.7 Å². The Labute approximate surface area is 167 Å². The van der Waals surface area contributed by atoms with Gasteiger partial charge in [-0.25, -0.2) is 4.79 Å². The fraction of sp³-hybridized carbons (Fsp3) is 0.318. The largest absolute Gasteiger partial charge is 0.378 e. The lowest BCUT2D eigenvalue weighted by Crippen LogP contribution is -2.36. The van der Waals surface area contributed by atoms with Crippen molar-refractivity contribution in [2.75, 3.05) is 0 Å². The molecule has 4 aromatic rings. The molecule has 0 aliphatic rings. The highest BCUT2D eigenvalue weighted by Gasteiger charge is 2.40. The summed E-state index contributed by atoms with van der Waals surface area (Å²) >= 11 is 0. The van der Waals surface area contributed by atoms with E-state index in [1.54, 1.807) is 6.20 Å². The molecule has 0 fully saturated rings. The van der Waals surface area contributed by atoms with E-state index < -0.39 is 5.60 Å². The minimum atomic E-state index is -1.39. The Bertz CT molecular complexity index is 1200. The molecule has 0 spiro atoms. The van der Waals surface area contributed by atoms with Crippen molar-refractivity contribution in [3.05, 3.63) is 69.7 Å². The Kier molecular flexibility index (Phi) is 4.62. The van der Waals surface area contributed by atoms with Crippen LogP contribution in [0.3, 0.4) is 0 Å². The van der Waals surface area contributed by atoms with Crippen LogP contribution in [-0.4, -0.2) is 25.2 Å². The Balaban J connectivity index is 2.09. The Morgan fingerprint density at radius 3 is 2.66 bits per heavy atom. The molecule has 0 amide bonds. The van der Waals surface area contributed by atoms with Crippen LogP contribution in [0.2, 0.25) is 0 Å². The van der Waals surface area contributed by atoms with Crippen LogP contribution in [0.4, 0.5) is 0 Å². The standard InChI is InChI=1S/C22H24N4O3/c1-5-12(2)22(28,18-8-6-7-9-23-18)16-10-15(19-13(3)26-29-14(19)4)11-17-20(16)25-21(27)24-17/h6-12,28H,5H2,1-4H3,(H2,24,25,27). The minimum Gasteiger partial charge on any atom is -0.378 e. The number of aromatic amines is 2. The van der Waals surface area contributed by atoms with E-state index in [4.69, 9.17) is 4.52 Å². The van der Waals surface area contributed by atoms with Gasteiger partial charge in [-0.1, -0.05) is 31.5 Å². The van der Waals surface area contributed by atoms with Crippen LogP contribution in [0.25, 0.3) is 22.2 Å². The number of aliphatic hydroxyl groups is 1. The van der Waals surface area contributed by atoms with Crippen LogP contribution in [0, 0.1) is 19.8 Å². The molecule has 3 N–H and O–H groups in total. The monoisotopic (exact) mass is 392 g/mol. The molecule has 0 aliphatic heterocycles. The van der Waals surface area contributed by atoms with Crippen molar-refractivity contribution in [1.29, 1.82) is 0 Å². The second-order valence-electron chi connectivity index (χ2n) is 7.52. The fourth-order valence-electron chi connectivity index (χ4n) is 4.02. The zero-order valence-electron chi connectivity index (χ0n) is 16.9. The van der Waals surface area contributed by atoms with E-state index in [0.717, 1.165) is 23.2 Å². The van der Waals surface area contributed by atoms with Gasteiger partial charge in [0.2, 0.25) is 0 Å². The first-order valence-electron chi connectivity index (χ1n) is 9.69. The predicted molar refractivity (Wildman–Crippen MR) is 111 cm³/mol. The molecule has 2 atom stereocenters. The quantitative estimate of drug-likeness (QED) is 0.479. The van der Waals surface area contributed by atoms with E-state index in [1.165, 1.54) is 0 Å². The van der Waals surface area contributed by atoms with Crippen LogP contribution in [0.1, 0.15) is 43.0 Å². The zero-order valence-corrected chi connectivity index (χ0v) is 16.9. The van der Waals surface area contributed by atoms with Gasteiger partial charge in [0.15, 0.2) is 0 Å². The van der Waals surface area contributed by atoms with Crippen molar-refractivity contribution in [3.8, 4) is 11.1 Å². The number of hydrogen-bond acceptors (Lipinski definition) is 5. The Morgan fingerprint density at radius 2 is 2.03 bits per heavy atom. The van der Waals surface area contributed by atoms with E-state index in [2.05, 4.69) is 20.1 Å². The number of imidazole rings is 1. The number of fused-ring (bicyclic) bond motifs is 1. The second-order valence-corrected chi connectivity index (χ2v) is 7.52. The van der Waals surface area contributed by atoms with Crippen molar-refractivity contribution >= 4 is 11.0 Å². The summed E-state index contributed by atoms with van der Waals surface area (Å²) in [5.74, 6) is 0.523. The van der Waals surface area contributed by atoms with Gasteiger partial charge in [0, 0.05) is 17.3 Å². The van der Waals surface area contributed by atoms with Gasteiger partial charge in [0.05, 0.1) is 22.4 Å². The van der Waals surface area contributed by atoms with Gasteiger partial charge in [0.1, 0.15) is 11.4 Å². The average Bonchev–Trinajstić information content (AvgIpc) is 3.27. The third-order valence-corrected chi connectivity index (χ3v) is 5.74. The van der Waals surface area contributed by atoms with Gasteiger partial charge in [-0.15, -0.1) is 0 Å². The Morgan fingerprint density at radius 1 is 1.24 bits per heavy atom. The van der Waals surface area contributed by atoms with Gasteiger partial charge in [0.25, 0.3) is 0 Å². The lowest BCUT2D eigenvalue weighted by atomic mass is 9.76. The number of aryl methyl sites for hydroxylation is 2. The molecule has 2 unspecified atom stereocenters. The number of pyridine rings is 1. The van der Waals surface area contributed by atoms with Crippen LogP contribution in [0.5, 0.6) is 0 Å². The van der Waals surface area contributed by atoms with Crippen molar-refractivity contribution in [3.63, 3.8) is 0 Å². The molecule has 7 nitrogen and oxygen atoms in total. The number of aromatic nitrogens is 4. The summed E-state index contributed by atoms with van der Waals surface area (Å²) in [5, 5.41) is 16.1. The van der Waals surface area contributed by atoms with Gasteiger partial charge in [-0.3, -0.25) is 4.98 Å². The van der Waals surface area contributed by atoms with E-state index in [9.17, 15) is 9.90 Å². The molecule has 4 rings (SSSR count). The van der Waals surface area contributed by atoms with Gasteiger partial charge >= 0.3 is 5.69 Å². The van der Waals surface area contributed by atoms with Gasteiger partial charge < -0.3 is 19.6 Å². The second kappa shape index (κ2) is 7.00. The number of rotatable bonds is 5. The first kappa shape index (κ1) is 19.1. The van der Waals surface area contributed by atoms with E-state index in [0.29, 0.717) is 28.1 Å². The smallest absolute Gasteiger partial charge is 0.323 e. The van der Waals surface area contributed by atoms with Crippen LogP contribution >= 0.6 is 0 Å². The van der Waals surface area contributed by atoms with Crippen molar-refractivity contribution in [2.24, 2.45) is 5.92 Å². The van der Waals surface area contributed by atoms with E-state index in [1.807, 2.05) is 58.0 Å². The summed E-state index contributed by atoms with van der Waals surface area (Å²) in [6.45, 7) is 7.72. The van der Waals surface area contributed by atoms with Gasteiger partial charge in [-0.05, 0) is 49.6 Å². The minimum absolute atomic E-state index is 0.154. The van der Waals surface area contributed by atoms with Crippen LogP contribution < -0.4 is 5.69 Å². The third kappa shape index (κ3) is 2.98. The highest BCUT2D eigenvalue weighted by Crippen LogP contribution is 2.42. The topological polar surface area (TPSA) is 108 Å². The normalized spacial score (nSPS) is 14.8. The average molecular weight is 392 g/mol. The fourth-order valence-corrected chi connectivity index (χ4v) is 4.02. The lowest BCUT2D eigenvalue weighted by molar-refractivity contribution is 0.0195. The van der Waals surface area contributed by atoms with Crippen LogP contribution in [-0.2, 0) is 5.60 Å². The SMILES string of the molecule is CCC(C)C(O)(c1ccccn1)c1cc(-c2c(C)noc2C)cc2[nH]c(=O)[nH]c12. The predicted octanol–water partition coefficient (Wildman–Crippen LogP) is 3.81. The lowest BCUT2D eigenvalue weighted by Gasteiger charge is -2.34. The molecular weight excluding hydrogens is 368 g/mol. The number of H-pyrrole nitrogens is 2.